The minimum atomic E-state index is -0.297. The lowest BCUT2D eigenvalue weighted by Crippen LogP contribution is -2.51. The minimum absolute atomic E-state index is 0.152. The van der Waals surface area contributed by atoms with E-state index in [2.05, 4.69) is 31.2 Å². The van der Waals surface area contributed by atoms with Gasteiger partial charge in [-0.3, -0.25) is 14.9 Å². The van der Waals surface area contributed by atoms with Crippen molar-refractivity contribution in [3.8, 4) is 0 Å². The number of imide groups is 1. The molecule has 1 saturated carbocycles. The molecular formula is C11H11BrN4O2. The Kier molecular flexibility index (Phi) is 2.77. The van der Waals surface area contributed by atoms with Crippen LogP contribution in [0.1, 0.15) is 24.6 Å². The first-order valence-electron chi connectivity index (χ1n) is 5.74. The molecule has 0 bridgehead atoms. The number of nitrogens with one attached hydrogen (secondary N) is 1. The zero-order valence-electron chi connectivity index (χ0n) is 9.52. The molecule has 2 amide bonds. The fraction of sp³-hybridized carbons (Fsp3) is 0.455. The van der Waals surface area contributed by atoms with Gasteiger partial charge in [0.05, 0.1) is 13.1 Å². The summed E-state index contributed by atoms with van der Waals surface area (Å²) in [4.78, 5) is 33.1. The third-order valence-electron chi connectivity index (χ3n) is 2.91. The number of nitrogens with zero attached hydrogens (tertiary/aromatic N) is 3. The molecule has 2 aliphatic rings. The van der Waals surface area contributed by atoms with Crippen molar-refractivity contribution in [1.29, 1.82) is 0 Å². The molecule has 6 nitrogen and oxygen atoms in total. The molecule has 2 heterocycles. The summed E-state index contributed by atoms with van der Waals surface area (Å²) < 4.78 is 0.688. The van der Waals surface area contributed by atoms with Crippen LogP contribution in [-0.2, 0) is 9.59 Å². The van der Waals surface area contributed by atoms with Crippen molar-refractivity contribution in [1.82, 2.24) is 15.3 Å². The molecule has 1 aliphatic carbocycles. The Morgan fingerprint density at radius 2 is 1.89 bits per heavy atom. The lowest BCUT2D eigenvalue weighted by Gasteiger charge is -2.26. The SMILES string of the molecule is O=C1CN(c2cc(Br)nc(C3CC3)n2)CC(=O)N1. The molecule has 94 valence electrons. The van der Waals surface area contributed by atoms with Crippen molar-refractivity contribution in [2.45, 2.75) is 18.8 Å². The molecule has 0 atom stereocenters. The third-order valence-corrected chi connectivity index (χ3v) is 3.32. The molecule has 0 radical (unpaired) electrons. The van der Waals surface area contributed by atoms with Crippen LogP contribution in [0.4, 0.5) is 5.82 Å². The molecule has 0 spiro atoms. The molecule has 1 aromatic rings. The quantitative estimate of drug-likeness (QED) is 0.639. The summed E-state index contributed by atoms with van der Waals surface area (Å²) in [7, 11) is 0. The van der Waals surface area contributed by atoms with Crippen molar-refractivity contribution < 1.29 is 9.59 Å². The Bertz CT molecular complexity index is 514. The molecule has 1 N–H and O–H groups in total. The van der Waals surface area contributed by atoms with Gasteiger partial charge in [0.2, 0.25) is 11.8 Å². The number of rotatable bonds is 2. The summed E-state index contributed by atoms with van der Waals surface area (Å²) in [5.41, 5.74) is 0. The molecule has 3 rings (SSSR count). The van der Waals surface area contributed by atoms with E-state index >= 15 is 0 Å². The summed E-state index contributed by atoms with van der Waals surface area (Å²) in [5, 5.41) is 2.27. The average molecular weight is 311 g/mol. The second-order valence-corrected chi connectivity index (χ2v) is 5.32. The second-order valence-electron chi connectivity index (χ2n) is 4.51. The molecule has 0 unspecified atom stereocenters. The molecule has 1 aliphatic heterocycles. The summed E-state index contributed by atoms with van der Waals surface area (Å²) in [5.74, 6) is 1.25. The van der Waals surface area contributed by atoms with Gasteiger partial charge in [-0.25, -0.2) is 9.97 Å². The van der Waals surface area contributed by atoms with Crippen molar-refractivity contribution in [2.24, 2.45) is 0 Å². The molecule has 2 fully saturated rings. The van der Waals surface area contributed by atoms with Crippen LogP contribution in [0, 0.1) is 0 Å². The van der Waals surface area contributed by atoms with E-state index in [1.165, 1.54) is 0 Å². The highest BCUT2D eigenvalue weighted by atomic mass is 79.9. The number of anilines is 1. The smallest absolute Gasteiger partial charge is 0.246 e. The van der Waals surface area contributed by atoms with E-state index in [0.717, 1.165) is 18.7 Å². The van der Waals surface area contributed by atoms with Crippen LogP contribution >= 0.6 is 15.9 Å². The minimum Gasteiger partial charge on any atom is -0.338 e. The van der Waals surface area contributed by atoms with Gasteiger partial charge in [-0.2, -0.15) is 0 Å². The number of hydrogen-bond donors (Lipinski definition) is 1. The number of piperazine rings is 1. The van der Waals surface area contributed by atoms with Crippen LogP contribution in [0.15, 0.2) is 10.7 Å². The van der Waals surface area contributed by atoms with Gasteiger partial charge in [-0.05, 0) is 28.8 Å². The van der Waals surface area contributed by atoms with Gasteiger partial charge < -0.3 is 4.90 Å². The van der Waals surface area contributed by atoms with E-state index in [4.69, 9.17) is 0 Å². The maximum atomic E-state index is 11.3. The Balaban J connectivity index is 1.90. The Morgan fingerprint density at radius 1 is 1.22 bits per heavy atom. The summed E-state index contributed by atoms with van der Waals surface area (Å²) in [6.45, 7) is 0.304. The van der Waals surface area contributed by atoms with E-state index in [9.17, 15) is 9.59 Å². The fourth-order valence-electron chi connectivity index (χ4n) is 1.91. The number of halogens is 1. The maximum Gasteiger partial charge on any atom is 0.246 e. The van der Waals surface area contributed by atoms with Crippen LogP contribution < -0.4 is 10.2 Å². The monoisotopic (exact) mass is 310 g/mol. The first kappa shape index (κ1) is 11.6. The van der Waals surface area contributed by atoms with Crippen LogP contribution in [0.2, 0.25) is 0 Å². The summed E-state index contributed by atoms with van der Waals surface area (Å²) in [6, 6.07) is 1.73. The second kappa shape index (κ2) is 4.31. The molecular weight excluding hydrogens is 300 g/mol. The summed E-state index contributed by atoms with van der Waals surface area (Å²) in [6.07, 6.45) is 2.21. The largest absolute Gasteiger partial charge is 0.338 e. The molecule has 7 heteroatoms. The third kappa shape index (κ3) is 2.35. The van der Waals surface area contributed by atoms with Gasteiger partial charge in [0.1, 0.15) is 16.2 Å². The molecule has 0 aromatic carbocycles. The van der Waals surface area contributed by atoms with Crippen molar-refractivity contribution >= 4 is 33.6 Å². The normalized spacial score (nSPS) is 19.9. The number of amides is 2. The lowest BCUT2D eigenvalue weighted by molar-refractivity contribution is -0.130. The van der Waals surface area contributed by atoms with Crippen molar-refractivity contribution in [3.05, 3.63) is 16.5 Å². The summed E-state index contributed by atoms with van der Waals surface area (Å²) >= 11 is 3.34. The number of carbonyl (C=O) groups is 2. The van der Waals surface area contributed by atoms with Gasteiger partial charge in [-0.1, -0.05) is 0 Å². The van der Waals surface area contributed by atoms with Crippen LogP contribution in [-0.4, -0.2) is 34.9 Å². The number of hydrogen-bond acceptors (Lipinski definition) is 5. The average Bonchev–Trinajstić information content (AvgIpc) is 3.10. The predicted molar refractivity (Wildman–Crippen MR) is 67.1 cm³/mol. The van der Waals surface area contributed by atoms with Crippen LogP contribution in [0.25, 0.3) is 0 Å². The van der Waals surface area contributed by atoms with E-state index in [1.807, 2.05) is 0 Å². The first-order valence-corrected chi connectivity index (χ1v) is 6.53. The predicted octanol–water partition coefficient (Wildman–Crippen LogP) is 0.579. The lowest BCUT2D eigenvalue weighted by atomic mass is 10.3. The van der Waals surface area contributed by atoms with Gasteiger partial charge in [0, 0.05) is 12.0 Å². The van der Waals surface area contributed by atoms with Crippen molar-refractivity contribution in [2.75, 3.05) is 18.0 Å². The first-order chi connectivity index (χ1) is 8.61. The van der Waals surface area contributed by atoms with Gasteiger partial charge in [0.15, 0.2) is 0 Å². The zero-order chi connectivity index (χ0) is 12.7. The van der Waals surface area contributed by atoms with E-state index in [1.54, 1.807) is 11.0 Å². The Labute approximate surface area is 112 Å². The fourth-order valence-corrected chi connectivity index (χ4v) is 2.29. The number of aromatic nitrogens is 2. The highest BCUT2D eigenvalue weighted by molar-refractivity contribution is 9.10. The molecule has 18 heavy (non-hydrogen) atoms. The van der Waals surface area contributed by atoms with Gasteiger partial charge in [0.25, 0.3) is 0 Å². The maximum absolute atomic E-state index is 11.3. The standard InChI is InChI=1S/C11H11BrN4O2/c12-7-3-8(14-11(13-7)6-1-2-6)16-4-9(17)15-10(18)5-16/h3,6H,1-2,4-5H2,(H,15,17,18). The Hall–Kier alpha value is -1.50. The van der Waals surface area contributed by atoms with E-state index in [-0.39, 0.29) is 24.9 Å². The van der Waals surface area contributed by atoms with Gasteiger partial charge in [-0.15, -0.1) is 0 Å². The van der Waals surface area contributed by atoms with E-state index in [0.29, 0.717) is 16.3 Å². The zero-order valence-corrected chi connectivity index (χ0v) is 11.1. The number of carbonyl (C=O) groups excluding carboxylic acids is 2. The topological polar surface area (TPSA) is 75.2 Å². The highest BCUT2D eigenvalue weighted by Crippen LogP contribution is 2.39. The highest BCUT2D eigenvalue weighted by Gasteiger charge is 2.29. The Morgan fingerprint density at radius 3 is 2.50 bits per heavy atom. The van der Waals surface area contributed by atoms with Crippen molar-refractivity contribution in [3.63, 3.8) is 0 Å². The van der Waals surface area contributed by atoms with Crippen LogP contribution in [0.5, 0.6) is 0 Å². The molecule has 1 saturated heterocycles. The molecule has 1 aromatic heterocycles. The van der Waals surface area contributed by atoms with Crippen LogP contribution in [0.3, 0.4) is 0 Å². The van der Waals surface area contributed by atoms with E-state index < -0.39 is 0 Å². The van der Waals surface area contributed by atoms with Gasteiger partial charge >= 0.3 is 0 Å².